The molecule has 0 aliphatic carbocycles. The third kappa shape index (κ3) is 4.85. The summed E-state index contributed by atoms with van der Waals surface area (Å²) in [6.07, 6.45) is 1.80. The van der Waals surface area contributed by atoms with Crippen molar-refractivity contribution in [2.75, 3.05) is 10.6 Å². The van der Waals surface area contributed by atoms with Gasteiger partial charge in [0.25, 0.3) is 0 Å². The van der Waals surface area contributed by atoms with E-state index in [1.807, 2.05) is 31.2 Å². The Morgan fingerprint density at radius 2 is 1.61 bits per heavy atom. The topological polar surface area (TPSA) is 62.7 Å². The Morgan fingerprint density at radius 3 is 2.21 bits per heavy atom. The third-order valence-corrected chi connectivity index (χ3v) is 4.64. The summed E-state index contributed by atoms with van der Waals surface area (Å²) >= 11 is 0. The Balaban J connectivity index is 1.88. The van der Waals surface area contributed by atoms with Crippen molar-refractivity contribution < 1.29 is 0 Å². The van der Waals surface area contributed by atoms with Crippen LogP contribution in [0.15, 0.2) is 48.7 Å². The molecule has 146 valence electrons. The van der Waals surface area contributed by atoms with E-state index < -0.39 is 0 Å². The highest BCUT2D eigenvalue weighted by molar-refractivity contribution is 5.66. The van der Waals surface area contributed by atoms with Crippen molar-refractivity contribution in [2.24, 2.45) is 0 Å². The molecule has 0 bridgehead atoms. The summed E-state index contributed by atoms with van der Waals surface area (Å²) in [5.41, 5.74) is 5.56. The summed E-state index contributed by atoms with van der Waals surface area (Å²) < 4.78 is 0. The molecule has 1 aromatic carbocycles. The Morgan fingerprint density at radius 1 is 0.893 bits per heavy atom. The largest absolute Gasteiger partial charge is 0.364 e. The number of rotatable bonds is 7. The predicted molar refractivity (Wildman–Crippen MR) is 116 cm³/mol. The molecule has 0 fully saturated rings. The van der Waals surface area contributed by atoms with Gasteiger partial charge in [0.1, 0.15) is 5.82 Å². The summed E-state index contributed by atoms with van der Waals surface area (Å²) in [6.45, 7) is 11.4. The van der Waals surface area contributed by atoms with Crippen LogP contribution >= 0.6 is 0 Å². The minimum Gasteiger partial charge on any atom is -0.364 e. The lowest BCUT2D eigenvalue weighted by Gasteiger charge is -2.20. The second-order valence-electron chi connectivity index (χ2n) is 7.64. The highest BCUT2D eigenvalue weighted by atomic mass is 15.1. The van der Waals surface area contributed by atoms with Crippen molar-refractivity contribution in [1.82, 2.24) is 15.0 Å². The van der Waals surface area contributed by atoms with Crippen LogP contribution in [0, 0.1) is 6.92 Å². The molecule has 0 amide bonds. The van der Waals surface area contributed by atoms with E-state index in [1.54, 1.807) is 6.20 Å². The minimum atomic E-state index is 0.410. The van der Waals surface area contributed by atoms with E-state index in [9.17, 15) is 0 Å². The number of hydrogen-bond donors (Lipinski definition) is 2. The van der Waals surface area contributed by atoms with Crippen molar-refractivity contribution in [3.8, 4) is 0 Å². The van der Waals surface area contributed by atoms with Crippen LogP contribution in [0.25, 0.3) is 0 Å². The van der Waals surface area contributed by atoms with Gasteiger partial charge in [-0.1, -0.05) is 52.0 Å². The highest BCUT2D eigenvalue weighted by Gasteiger charge is 2.15. The molecule has 3 rings (SSSR count). The first kappa shape index (κ1) is 19.8. The predicted octanol–water partition coefficient (Wildman–Crippen LogP) is 5.78. The molecule has 3 aromatic rings. The van der Waals surface area contributed by atoms with Gasteiger partial charge >= 0.3 is 0 Å². The molecular formula is C23H29N5. The average molecular weight is 376 g/mol. The van der Waals surface area contributed by atoms with Crippen LogP contribution in [0.5, 0.6) is 0 Å². The molecule has 2 aromatic heterocycles. The van der Waals surface area contributed by atoms with Gasteiger partial charge in [0, 0.05) is 23.6 Å². The number of anilines is 3. The summed E-state index contributed by atoms with van der Waals surface area (Å²) in [7, 11) is 0. The fraction of sp³-hybridized carbons (Fsp3) is 0.348. The van der Waals surface area contributed by atoms with Crippen molar-refractivity contribution in [2.45, 2.75) is 53.0 Å². The molecule has 5 heteroatoms. The lowest BCUT2D eigenvalue weighted by molar-refractivity contribution is 0.837. The van der Waals surface area contributed by atoms with Gasteiger partial charge in [-0.3, -0.25) is 4.98 Å². The summed E-state index contributed by atoms with van der Waals surface area (Å²) in [5.74, 6) is 2.22. The summed E-state index contributed by atoms with van der Waals surface area (Å²) in [5, 5.41) is 6.85. The first-order chi connectivity index (χ1) is 13.4. The molecule has 0 radical (unpaired) electrons. The maximum Gasteiger partial charge on any atom is 0.229 e. The van der Waals surface area contributed by atoms with Gasteiger partial charge in [-0.15, -0.1) is 0 Å². The molecule has 0 unspecified atom stereocenters. The smallest absolute Gasteiger partial charge is 0.229 e. The molecule has 0 saturated heterocycles. The zero-order chi connectivity index (χ0) is 20.1. The molecule has 2 heterocycles. The molecule has 0 saturated carbocycles. The molecule has 0 atom stereocenters. The van der Waals surface area contributed by atoms with Crippen molar-refractivity contribution in [3.63, 3.8) is 0 Å². The van der Waals surface area contributed by atoms with E-state index >= 15 is 0 Å². The fourth-order valence-corrected chi connectivity index (χ4v) is 3.21. The zero-order valence-corrected chi connectivity index (χ0v) is 17.3. The van der Waals surface area contributed by atoms with E-state index in [1.165, 1.54) is 11.1 Å². The molecule has 0 aliphatic rings. The van der Waals surface area contributed by atoms with E-state index in [0.717, 1.165) is 22.9 Å². The SMILES string of the molecule is Cc1cc(NCc2ccccn2)nc(Nc2c(C(C)C)cccc2C(C)C)n1. The Labute approximate surface area is 167 Å². The van der Waals surface area contributed by atoms with Gasteiger partial charge in [0.15, 0.2) is 0 Å². The number of nitrogens with one attached hydrogen (secondary N) is 2. The van der Waals surface area contributed by atoms with E-state index in [-0.39, 0.29) is 0 Å². The molecule has 0 aliphatic heterocycles. The Kier molecular flexibility index (Phi) is 6.24. The maximum atomic E-state index is 4.68. The second kappa shape index (κ2) is 8.83. The van der Waals surface area contributed by atoms with Crippen LogP contribution in [-0.4, -0.2) is 15.0 Å². The van der Waals surface area contributed by atoms with Gasteiger partial charge in [0.05, 0.1) is 12.2 Å². The summed E-state index contributed by atoms with van der Waals surface area (Å²) in [6, 6.07) is 14.3. The summed E-state index contributed by atoms with van der Waals surface area (Å²) in [4.78, 5) is 13.6. The monoisotopic (exact) mass is 375 g/mol. The van der Waals surface area contributed by atoms with Gasteiger partial charge in [0.2, 0.25) is 5.95 Å². The highest BCUT2D eigenvalue weighted by Crippen LogP contribution is 2.34. The van der Waals surface area contributed by atoms with Gasteiger partial charge < -0.3 is 10.6 Å². The molecule has 5 nitrogen and oxygen atoms in total. The van der Waals surface area contributed by atoms with Crippen molar-refractivity contribution in [3.05, 3.63) is 71.2 Å². The van der Waals surface area contributed by atoms with Crippen LogP contribution in [0.3, 0.4) is 0 Å². The van der Waals surface area contributed by atoms with Gasteiger partial charge in [-0.05, 0) is 42.0 Å². The van der Waals surface area contributed by atoms with Crippen LogP contribution in [0.2, 0.25) is 0 Å². The Bertz CT molecular complexity index is 893. The molecular weight excluding hydrogens is 346 g/mol. The number of aromatic nitrogens is 3. The standard InChI is InChI=1S/C23H29N5/c1-15(2)19-10-8-11-20(16(3)4)22(19)28-23-26-17(5)13-21(27-23)25-14-18-9-6-7-12-24-18/h6-13,15-16H,14H2,1-5H3,(H2,25,26,27,28). The van der Waals surface area contributed by atoms with Gasteiger partial charge in [-0.2, -0.15) is 4.98 Å². The normalized spacial score (nSPS) is 11.1. The maximum absolute atomic E-state index is 4.68. The Hall–Kier alpha value is -2.95. The third-order valence-electron chi connectivity index (χ3n) is 4.64. The lowest BCUT2D eigenvalue weighted by Crippen LogP contribution is -2.09. The molecule has 28 heavy (non-hydrogen) atoms. The lowest BCUT2D eigenvalue weighted by atomic mass is 9.93. The number of benzene rings is 1. The molecule has 2 N–H and O–H groups in total. The fourth-order valence-electron chi connectivity index (χ4n) is 3.21. The van der Waals surface area contributed by atoms with Crippen molar-refractivity contribution >= 4 is 17.5 Å². The number of hydrogen-bond acceptors (Lipinski definition) is 5. The second-order valence-corrected chi connectivity index (χ2v) is 7.64. The first-order valence-electron chi connectivity index (χ1n) is 9.83. The van der Waals surface area contributed by atoms with Crippen LogP contribution in [-0.2, 0) is 6.54 Å². The van der Waals surface area contributed by atoms with Gasteiger partial charge in [-0.25, -0.2) is 4.98 Å². The first-order valence-corrected chi connectivity index (χ1v) is 9.83. The van der Waals surface area contributed by atoms with E-state index in [4.69, 9.17) is 0 Å². The average Bonchev–Trinajstić information content (AvgIpc) is 2.66. The minimum absolute atomic E-state index is 0.410. The van der Waals surface area contributed by atoms with E-state index in [2.05, 4.69) is 71.5 Å². The number of aryl methyl sites for hydroxylation is 1. The number of pyridine rings is 1. The van der Waals surface area contributed by atoms with E-state index in [0.29, 0.717) is 24.3 Å². The number of para-hydroxylation sites is 1. The molecule has 0 spiro atoms. The van der Waals surface area contributed by atoms with Crippen LogP contribution in [0.4, 0.5) is 17.5 Å². The van der Waals surface area contributed by atoms with Crippen LogP contribution < -0.4 is 10.6 Å². The van der Waals surface area contributed by atoms with Crippen molar-refractivity contribution in [1.29, 1.82) is 0 Å². The van der Waals surface area contributed by atoms with Crippen LogP contribution in [0.1, 0.15) is 62.0 Å². The zero-order valence-electron chi connectivity index (χ0n) is 17.3. The quantitative estimate of drug-likeness (QED) is 0.548. The number of nitrogens with zero attached hydrogens (tertiary/aromatic N) is 3.